The monoisotopic (exact) mass is 440 g/mol. The Morgan fingerprint density at radius 3 is 2.64 bits per heavy atom. The van der Waals surface area contributed by atoms with Crippen LogP contribution in [0.25, 0.3) is 10.7 Å². The maximum Gasteiger partial charge on any atom is 0.255 e. The molecule has 28 heavy (non-hydrogen) atoms. The lowest BCUT2D eigenvalue weighted by molar-refractivity contribution is 0.0770. The van der Waals surface area contributed by atoms with Gasteiger partial charge in [0.15, 0.2) is 0 Å². The zero-order valence-electron chi connectivity index (χ0n) is 15.3. The van der Waals surface area contributed by atoms with Gasteiger partial charge in [0.25, 0.3) is 5.91 Å². The summed E-state index contributed by atoms with van der Waals surface area (Å²) in [6.07, 6.45) is 1.09. The summed E-state index contributed by atoms with van der Waals surface area (Å²) in [6, 6.07) is 8.21. The fourth-order valence-corrected chi connectivity index (χ4v) is 3.77. The van der Waals surface area contributed by atoms with Crippen molar-refractivity contribution in [3.63, 3.8) is 0 Å². The van der Waals surface area contributed by atoms with Crippen molar-refractivity contribution in [2.75, 3.05) is 24.7 Å². The zero-order valence-corrected chi connectivity index (χ0v) is 17.7. The average molecular weight is 441 g/mol. The number of benzene rings is 1. The Kier molecular flexibility index (Phi) is 5.73. The topological polar surface area (TPSA) is 96.6 Å². The number of hydrogen-bond acceptors (Lipinski definition) is 7. The third-order valence-electron chi connectivity index (χ3n) is 3.97. The van der Waals surface area contributed by atoms with Gasteiger partial charge < -0.3 is 9.42 Å². The number of aromatic nitrogens is 2. The second kappa shape index (κ2) is 7.90. The summed E-state index contributed by atoms with van der Waals surface area (Å²) in [6.45, 7) is 0.110. The molecule has 2 heterocycles. The van der Waals surface area contributed by atoms with Crippen molar-refractivity contribution in [3.8, 4) is 10.7 Å². The molecule has 8 nitrogen and oxygen atoms in total. The Hall–Kier alpha value is -2.43. The number of nitrogens with zero attached hydrogens (tertiary/aromatic N) is 4. The first-order chi connectivity index (χ1) is 13.2. The normalized spacial score (nSPS) is 11.4. The molecular weight excluding hydrogens is 424 g/mol. The van der Waals surface area contributed by atoms with E-state index in [9.17, 15) is 13.2 Å². The largest absolute Gasteiger partial charge is 0.337 e. The van der Waals surface area contributed by atoms with E-state index in [0.29, 0.717) is 17.4 Å². The van der Waals surface area contributed by atoms with Crippen molar-refractivity contribution in [1.82, 2.24) is 15.0 Å². The number of sulfonamides is 1. The van der Waals surface area contributed by atoms with Crippen molar-refractivity contribution in [2.45, 2.75) is 6.54 Å². The average Bonchev–Trinajstić information content (AvgIpc) is 3.31. The highest BCUT2D eigenvalue weighted by Gasteiger charge is 2.20. The summed E-state index contributed by atoms with van der Waals surface area (Å²) >= 11 is 7.71. The lowest BCUT2D eigenvalue weighted by Crippen LogP contribution is -2.27. The Bertz CT molecular complexity index is 1100. The standard InChI is InChI=1S/C17H17ClN4O4S2/c1-21(10-15-19-16(20-26-15)14-5-4-8-27-14)17(23)12-7-6-11(9-13(12)18)22(2)28(3,24)25/h4-9H,10H2,1-3H3. The highest BCUT2D eigenvalue weighted by Crippen LogP contribution is 2.26. The van der Waals surface area contributed by atoms with Crippen LogP contribution in [-0.4, -0.2) is 49.7 Å². The van der Waals surface area contributed by atoms with Crippen LogP contribution in [0.2, 0.25) is 5.02 Å². The molecule has 1 aromatic carbocycles. The van der Waals surface area contributed by atoms with Crippen LogP contribution in [0, 0.1) is 0 Å². The number of carbonyl (C=O) groups excluding carboxylic acids is 1. The minimum absolute atomic E-state index is 0.110. The molecule has 0 radical (unpaired) electrons. The van der Waals surface area contributed by atoms with Crippen LogP contribution in [0.5, 0.6) is 0 Å². The molecule has 148 valence electrons. The van der Waals surface area contributed by atoms with Crippen molar-refractivity contribution in [3.05, 3.63) is 52.2 Å². The minimum Gasteiger partial charge on any atom is -0.337 e. The van der Waals surface area contributed by atoms with Crippen molar-refractivity contribution in [2.24, 2.45) is 0 Å². The van der Waals surface area contributed by atoms with E-state index < -0.39 is 10.0 Å². The van der Waals surface area contributed by atoms with Crippen LogP contribution >= 0.6 is 22.9 Å². The molecule has 1 amide bonds. The zero-order chi connectivity index (χ0) is 20.5. The van der Waals surface area contributed by atoms with E-state index in [4.69, 9.17) is 16.1 Å². The van der Waals surface area contributed by atoms with E-state index in [2.05, 4.69) is 10.1 Å². The molecule has 0 bridgehead atoms. The Morgan fingerprint density at radius 2 is 2.04 bits per heavy atom. The van der Waals surface area contributed by atoms with Gasteiger partial charge >= 0.3 is 0 Å². The van der Waals surface area contributed by atoms with Crippen LogP contribution in [0.1, 0.15) is 16.2 Å². The molecule has 0 spiro atoms. The number of thiophene rings is 1. The molecule has 0 atom stereocenters. The van der Waals surface area contributed by atoms with Gasteiger partial charge in [-0.05, 0) is 29.6 Å². The SMILES string of the molecule is CN(Cc1nc(-c2cccs2)no1)C(=O)c1ccc(N(C)S(C)(=O)=O)cc1Cl. The van der Waals surface area contributed by atoms with Crippen molar-refractivity contribution >= 4 is 44.6 Å². The van der Waals surface area contributed by atoms with E-state index in [-0.39, 0.29) is 23.0 Å². The molecule has 0 saturated carbocycles. The van der Waals surface area contributed by atoms with Gasteiger partial charge in [-0.3, -0.25) is 9.10 Å². The molecule has 11 heteroatoms. The molecule has 0 aliphatic rings. The quantitative estimate of drug-likeness (QED) is 0.584. The predicted molar refractivity (Wildman–Crippen MR) is 108 cm³/mol. The van der Waals surface area contributed by atoms with Gasteiger partial charge in [-0.25, -0.2) is 8.42 Å². The summed E-state index contributed by atoms with van der Waals surface area (Å²) in [5.74, 6) is 0.412. The van der Waals surface area contributed by atoms with Crippen LogP contribution < -0.4 is 4.31 Å². The van der Waals surface area contributed by atoms with E-state index in [1.807, 2.05) is 17.5 Å². The predicted octanol–water partition coefficient (Wildman–Crippen LogP) is 3.12. The summed E-state index contributed by atoms with van der Waals surface area (Å²) < 4.78 is 29.6. The fourth-order valence-electron chi connectivity index (χ4n) is 2.37. The van der Waals surface area contributed by atoms with Gasteiger partial charge in [-0.15, -0.1) is 11.3 Å². The number of amides is 1. The van der Waals surface area contributed by atoms with Crippen LogP contribution in [-0.2, 0) is 16.6 Å². The molecule has 2 aromatic heterocycles. The Labute approximate surface area is 171 Å². The highest BCUT2D eigenvalue weighted by molar-refractivity contribution is 7.92. The Balaban J connectivity index is 1.74. The van der Waals surface area contributed by atoms with Gasteiger partial charge in [-0.2, -0.15) is 4.98 Å². The lowest BCUT2D eigenvalue weighted by atomic mass is 10.2. The smallest absolute Gasteiger partial charge is 0.255 e. The van der Waals surface area contributed by atoms with Gasteiger partial charge in [0.05, 0.1) is 34.0 Å². The summed E-state index contributed by atoms with van der Waals surface area (Å²) in [7, 11) is -0.427. The molecular formula is C17H17ClN4O4S2. The maximum atomic E-state index is 12.7. The molecule has 3 rings (SSSR count). The van der Waals surface area contributed by atoms with Crippen molar-refractivity contribution in [1.29, 1.82) is 0 Å². The second-order valence-electron chi connectivity index (χ2n) is 6.04. The number of halogens is 1. The first kappa shape index (κ1) is 20.3. The minimum atomic E-state index is -3.43. The van der Waals surface area contributed by atoms with Crippen LogP contribution in [0.15, 0.2) is 40.2 Å². The number of hydrogen-bond donors (Lipinski definition) is 0. The van der Waals surface area contributed by atoms with E-state index >= 15 is 0 Å². The van der Waals surface area contributed by atoms with Gasteiger partial charge in [0.1, 0.15) is 0 Å². The highest BCUT2D eigenvalue weighted by atomic mass is 35.5. The number of anilines is 1. The molecule has 0 aliphatic heterocycles. The molecule has 0 N–H and O–H groups in total. The molecule has 0 aliphatic carbocycles. The van der Waals surface area contributed by atoms with E-state index in [1.54, 1.807) is 7.05 Å². The lowest BCUT2D eigenvalue weighted by Gasteiger charge is -2.19. The van der Waals surface area contributed by atoms with E-state index in [0.717, 1.165) is 15.4 Å². The van der Waals surface area contributed by atoms with Gasteiger partial charge in [0, 0.05) is 14.1 Å². The van der Waals surface area contributed by atoms with Crippen LogP contribution in [0.4, 0.5) is 5.69 Å². The first-order valence-corrected chi connectivity index (χ1v) is 11.1. The summed E-state index contributed by atoms with van der Waals surface area (Å²) in [4.78, 5) is 19.3. The molecule has 0 saturated heterocycles. The number of rotatable bonds is 6. The molecule has 0 fully saturated rings. The second-order valence-corrected chi connectivity index (χ2v) is 9.41. The third kappa shape index (κ3) is 4.34. The summed E-state index contributed by atoms with van der Waals surface area (Å²) in [5.41, 5.74) is 0.608. The third-order valence-corrected chi connectivity index (χ3v) is 6.36. The first-order valence-electron chi connectivity index (χ1n) is 8.02. The molecule has 3 aromatic rings. The van der Waals surface area contributed by atoms with Crippen molar-refractivity contribution < 1.29 is 17.7 Å². The maximum absolute atomic E-state index is 12.7. The summed E-state index contributed by atoms with van der Waals surface area (Å²) in [5, 5.41) is 5.97. The fraction of sp³-hybridized carbons (Fsp3) is 0.235. The van der Waals surface area contributed by atoms with E-state index in [1.165, 1.54) is 41.5 Å². The van der Waals surface area contributed by atoms with Crippen LogP contribution in [0.3, 0.4) is 0 Å². The number of carbonyl (C=O) groups is 1. The van der Waals surface area contributed by atoms with Gasteiger partial charge in [0.2, 0.25) is 21.7 Å². The Morgan fingerprint density at radius 1 is 1.29 bits per heavy atom. The van der Waals surface area contributed by atoms with Gasteiger partial charge in [-0.1, -0.05) is 22.8 Å². The molecule has 0 unspecified atom stereocenters.